The van der Waals surface area contributed by atoms with Crippen LogP contribution in [0.1, 0.15) is 73.7 Å². The van der Waals surface area contributed by atoms with E-state index < -0.39 is 0 Å². The van der Waals surface area contributed by atoms with Gasteiger partial charge in [0.1, 0.15) is 0 Å². The van der Waals surface area contributed by atoms with E-state index in [0.29, 0.717) is 38.2 Å². The van der Waals surface area contributed by atoms with Crippen molar-refractivity contribution in [2.24, 2.45) is 5.92 Å². The van der Waals surface area contributed by atoms with E-state index in [0.717, 1.165) is 17.9 Å². The average molecular weight is 399 g/mol. The molecule has 0 bridgehead atoms. The summed E-state index contributed by atoms with van der Waals surface area (Å²) in [6.45, 7) is 4.36. The number of aryl methyl sites for hydroxylation is 1. The van der Waals surface area contributed by atoms with Crippen molar-refractivity contribution in [3.8, 4) is 0 Å². The minimum atomic E-state index is 0.00914. The van der Waals surface area contributed by atoms with Crippen molar-refractivity contribution in [2.75, 3.05) is 26.2 Å². The molecule has 2 aliphatic rings. The Morgan fingerprint density at radius 3 is 1.93 bits per heavy atom. The van der Waals surface area contributed by atoms with Gasteiger partial charge in [-0.1, -0.05) is 61.9 Å². The first kappa shape index (κ1) is 21.5. The minimum absolute atomic E-state index is 0.00914. The Kier molecular flexibility index (Phi) is 7.84. The van der Waals surface area contributed by atoms with E-state index in [1.54, 1.807) is 4.90 Å². The predicted octanol–water partition coefficient (Wildman–Crippen LogP) is 3.99. The molecule has 0 spiro atoms. The number of carbonyl (C=O) groups excluding carboxylic acids is 3. The Balaban J connectivity index is 1.35. The second kappa shape index (κ2) is 10.6. The van der Waals surface area contributed by atoms with E-state index >= 15 is 0 Å². The van der Waals surface area contributed by atoms with Gasteiger partial charge in [-0.2, -0.15) is 0 Å². The van der Waals surface area contributed by atoms with E-state index in [4.69, 9.17) is 0 Å². The van der Waals surface area contributed by atoms with E-state index in [9.17, 15) is 14.4 Å². The van der Waals surface area contributed by atoms with E-state index in [2.05, 4.69) is 0 Å². The standard InChI is InChI=1S/C24H34N2O3/c1-19-7-10-21(11-8-19)22(27)12-14-24(29)26-17-15-25(16-18-26)23(28)13-9-20-5-3-2-4-6-20/h7-8,10-11,20H,2-6,9,12-18H2,1H3. The van der Waals surface area contributed by atoms with Gasteiger partial charge in [0.25, 0.3) is 0 Å². The number of Topliss-reactive ketones (excluding diaryl/α,β-unsaturated/α-hetero) is 1. The molecule has 158 valence electrons. The highest BCUT2D eigenvalue weighted by molar-refractivity contribution is 5.98. The molecular weight excluding hydrogens is 364 g/mol. The first-order valence-electron chi connectivity index (χ1n) is 11.2. The summed E-state index contributed by atoms with van der Waals surface area (Å²) in [6, 6.07) is 7.47. The van der Waals surface area contributed by atoms with Gasteiger partial charge >= 0.3 is 0 Å². The van der Waals surface area contributed by atoms with Crippen LogP contribution in [0.25, 0.3) is 0 Å². The Hall–Kier alpha value is -2.17. The summed E-state index contributed by atoms with van der Waals surface area (Å²) in [5.74, 6) is 0.980. The molecule has 1 aromatic carbocycles. The van der Waals surface area contributed by atoms with Crippen molar-refractivity contribution in [2.45, 2.75) is 64.7 Å². The van der Waals surface area contributed by atoms with Crippen LogP contribution in [0, 0.1) is 12.8 Å². The second-order valence-corrected chi connectivity index (χ2v) is 8.59. The van der Waals surface area contributed by atoms with Gasteiger partial charge in [0, 0.05) is 51.0 Å². The summed E-state index contributed by atoms with van der Waals surface area (Å²) in [4.78, 5) is 40.9. The van der Waals surface area contributed by atoms with Gasteiger partial charge in [0.05, 0.1) is 0 Å². The fourth-order valence-electron chi connectivity index (χ4n) is 4.43. The van der Waals surface area contributed by atoms with Crippen LogP contribution in [-0.4, -0.2) is 53.6 Å². The smallest absolute Gasteiger partial charge is 0.223 e. The van der Waals surface area contributed by atoms with Crippen molar-refractivity contribution < 1.29 is 14.4 Å². The molecule has 0 N–H and O–H groups in total. The van der Waals surface area contributed by atoms with Crippen LogP contribution >= 0.6 is 0 Å². The van der Waals surface area contributed by atoms with Crippen molar-refractivity contribution in [3.63, 3.8) is 0 Å². The first-order valence-corrected chi connectivity index (χ1v) is 11.2. The number of hydrogen-bond donors (Lipinski definition) is 0. The molecule has 1 saturated heterocycles. The molecule has 2 amide bonds. The number of nitrogens with zero attached hydrogens (tertiary/aromatic N) is 2. The third-order valence-electron chi connectivity index (χ3n) is 6.42. The Bertz CT molecular complexity index is 699. The molecule has 5 heteroatoms. The highest BCUT2D eigenvalue weighted by atomic mass is 16.2. The maximum absolute atomic E-state index is 12.5. The SMILES string of the molecule is Cc1ccc(C(=O)CCC(=O)N2CCN(C(=O)CCC3CCCCC3)CC2)cc1. The molecule has 0 radical (unpaired) electrons. The molecule has 1 aromatic rings. The van der Waals surface area contributed by atoms with Gasteiger partial charge in [0.2, 0.25) is 11.8 Å². The van der Waals surface area contributed by atoms with Crippen molar-refractivity contribution in [3.05, 3.63) is 35.4 Å². The molecule has 1 aliphatic carbocycles. The lowest BCUT2D eigenvalue weighted by Gasteiger charge is -2.35. The predicted molar refractivity (Wildman–Crippen MR) is 114 cm³/mol. The van der Waals surface area contributed by atoms with Crippen LogP contribution in [0.4, 0.5) is 0 Å². The van der Waals surface area contributed by atoms with Gasteiger partial charge in [0.15, 0.2) is 5.78 Å². The van der Waals surface area contributed by atoms with E-state index in [-0.39, 0.29) is 30.4 Å². The zero-order valence-electron chi connectivity index (χ0n) is 17.7. The lowest BCUT2D eigenvalue weighted by Crippen LogP contribution is -2.50. The van der Waals surface area contributed by atoms with Gasteiger partial charge < -0.3 is 9.80 Å². The molecule has 0 aromatic heterocycles. The van der Waals surface area contributed by atoms with Crippen molar-refractivity contribution >= 4 is 17.6 Å². The molecular formula is C24H34N2O3. The summed E-state index contributed by atoms with van der Waals surface area (Å²) in [5.41, 5.74) is 1.78. The number of ketones is 1. The lowest BCUT2D eigenvalue weighted by molar-refractivity contribution is -0.139. The zero-order valence-corrected chi connectivity index (χ0v) is 17.7. The van der Waals surface area contributed by atoms with Crippen LogP contribution in [0.2, 0.25) is 0 Å². The molecule has 2 fully saturated rings. The summed E-state index contributed by atoms with van der Waals surface area (Å²) >= 11 is 0. The molecule has 5 nitrogen and oxygen atoms in total. The van der Waals surface area contributed by atoms with Crippen molar-refractivity contribution in [1.29, 1.82) is 0 Å². The van der Waals surface area contributed by atoms with Crippen LogP contribution in [-0.2, 0) is 9.59 Å². The monoisotopic (exact) mass is 398 g/mol. The Morgan fingerprint density at radius 2 is 1.34 bits per heavy atom. The normalized spacial score (nSPS) is 18.0. The summed E-state index contributed by atoms with van der Waals surface area (Å²) in [7, 11) is 0. The maximum Gasteiger partial charge on any atom is 0.223 e. The topological polar surface area (TPSA) is 57.7 Å². The number of carbonyl (C=O) groups is 3. The third-order valence-corrected chi connectivity index (χ3v) is 6.42. The van der Waals surface area contributed by atoms with Crippen LogP contribution in [0.3, 0.4) is 0 Å². The fourth-order valence-corrected chi connectivity index (χ4v) is 4.43. The van der Waals surface area contributed by atoms with Gasteiger partial charge in [-0.25, -0.2) is 0 Å². The van der Waals surface area contributed by atoms with Crippen LogP contribution in [0.15, 0.2) is 24.3 Å². The molecule has 0 unspecified atom stereocenters. The minimum Gasteiger partial charge on any atom is -0.339 e. The molecule has 1 heterocycles. The quantitative estimate of drug-likeness (QED) is 0.653. The largest absolute Gasteiger partial charge is 0.339 e. The van der Waals surface area contributed by atoms with Gasteiger partial charge in [-0.05, 0) is 19.3 Å². The number of hydrogen-bond acceptors (Lipinski definition) is 3. The highest BCUT2D eigenvalue weighted by Gasteiger charge is 2.25. The number of rotatable bonds is 7. The number of amides is 2. The maximum atomic E-state index is 12.5. The van der Waals surface area contributed by atoms with Gasteiger partial charge in [-0.15, -0.1) is 0 Å². The Morgan fingerprint density at radius 1 is 0.793 bits per heavy atom. The Labute approximate surface area is 174 Å². The van der Waals surface area contributed by atoms with E-state index in [1.807, 2.05) is 36.1 Å². The lowest BCUT2D eigenvalue weighted by atomic mass is 9.86. The molecule has 0 atom stereocenters. The highest BCUT2D eigenvalue weighted by Crippen LogP contribution is 2.27. The van der Waals surface area contributed by atoms with Gasteiger partial charge in [-0.3, -0.25) is 14.4 Å². The first-order chi connectivity index (χ1) is 14.0. The van der Waals surface area contributed by atoms with Crippen molar-refractivity contribution in [1.82, 2.24) is 9.80 Å². The average Bonchev–Trinajstić information content (AvgIpc) is 2.77. The summed E-state index contributed by atoms with van der Waals surface area (Å²) < 4.78 is 0. The van der Waals surface area contributed by atoms with Crippen LogP contribution < -0.4 is 0 Å². The molecule has 3 rings (SSSR count). The summed E-state index contributed by atoms with van der Waals surface area (Å²) in [6.07, 6.45) is 8.65. The fraction of sp³-hybridized carbons (Fsp3) is 0.625. The molecule has 1 saturated carbocycles. The zero-order chi connectivity index (χ0) is 20.6. The summed E-state index contributed by atoms with van der Waals surface area (Å²) in [5, 5.41) is 0. The number of benzene rings is 1. The third kappa shape index (κ3) is 6.41. The van der Waals surface area contributed by atoms with Crippen LogP contribution in [0.5, 0.6) is 0 Å². The molecule has 1 aliphatic heterocycles. The number of piperazine rings is 1. The molecule has 29 heavy (non-hydrogen) atoms. The second-order valence-electron chi connectivity index (χ2n) is 8.59. The van der Waals surface area contributed by atoms with E-state index in [1.165, 1.54) is 32.1 Å².